The van der Waals surface area contributed by atoms with E-state index in [0.29, 0.717) is 6.54 Å². The molecule has 0 fully saturated rings. The lowest BCUT2D eigenvalue weighted by molar-refractivity contribution is 0.245. The molecule has 0 radical (unpaired) electrons. The van der Waals surface area contributed by atoms with Crippen LogP contribution in [0.25, 0.3) is 0 Å². The first-order chi connectivity index (χ1) is 7.26. The average Bonchev–Trinajstić information content (AvgIpc) is 2.27. The van der Waals surface area contributed by atoms with Crippen molar-refractivity contribution in [3.8, 4) is 0 Å². The van der Waals surface area contributed by atoms with Gasteiger partial charge in [0.1, 0.15) is 0 Å². The van der Waals surface area contributed by atoms with Gasteiger partial charge < -0.3 is 10.4 Å². The predicted molar refractivity (Wildman–Crippen MR) is 61.8 cm³/mol. The fourth-order valence-electron chi connectivity index (χ4n) is 2.56. The van der Waals surface area contributed by atoms with Crippen LogP contribution in [-0.4, -0.2) is 18.3 Å². The monoisotopic (exact) mass is 205 g/mol. The second-order valence-corrected chi connectivity index (χ2v) is 4.49. The van der Waals surface area contributed by atoms with Crippen molar-refractivity contribution in [3.63, 3.8) is 0 Å². The third-order valence-corrected chi connectivity index (χ3v) is 3.36. The van der Waals surface area contributed by atoms with Gasteiger partial charge in [-0.25, -0.2) is 0 Å². The van der Waals surface area contributed by atoms with Crippen LogP contribution in [0, 0.1) is 0 Å². The standard InChI is InChI=1S/C13H19NO/c1-13(14-9-10-15)8-4-6-11-5-2-3-7-12(11)13/h2-3,5,7,14-15H,4,6,8-10H2,1H3. The molecule has 0 heterocycles. The van der Waals surface area contributed by atoms with E-state index in [1.165, 1.54) is 24.0 Å². The molecule has 82 valence electrons. The lowest BCUT2D eigenvalue weighted by Crippen LogP contribution is -2.43. The van der Waals surface area contributed by atoms with Crippen molar-refractivity contribution in [3.05, 3.63) is 35.4 Å². The Hall–Kier alpha value is -0.860. The number of nitrogens with one attached hydrogen (secondary N) is 1. The zero-order valence-corrected chi connectivity index (χ0v) is 9.29. The number of hydrogen-bond acceptors (Lipinski definition) is 2. The van der Waals surface area contributed by atoms with Gasteiger partial charge in [-0.3, -0.25) is 0 Å². The number of benzene rings is 1. The molecular formula is C13H19NO. The molecule has 0 aliphatic heterocycles. The number of aliphatic hydroxyl groups excluding tert-OH is 1. The molecule has 2 heteroatoms. The Morgan fingerprint density at radius 2 is 2.20 bits per heavy atom. The number of aliphatic hydroxyl groups is 1. The van der Waals surface area contributed by atoms with Gasteiger partial charge in [0, 0.05) is 12.1 Å². The molecule has 2 rings (SSSR count). The summed E-state index contributed by atoms with van der Waals surface area (Å²) in [7, 11) is 0. The van der Waals surface area contributed by atoms with Gasteiger partial charge in [-0.2, -0.15) is 0 Å². The third-order valence-electron chi connectivity index (χ3n) is 3.36. The summed E-state index contributed by atoms with van der Waals surface area (Å²) in [5.41, 5.74) is 2.92. The number of fused-ring (bicyclic) bond motifs is 1. The predicted octanol–water partition coefficient (Wildman–Crippen LogP) is 1.82. The number of hydrogen-bond donors (Lipinski definition) is 2. The summed E-state index contributed by atoms with van der Waals surface area (Å²) in [6.07, 6.45) is 3.57. The molecule has 1 aliphatic carbocycles. The van der Waals surface area contributed by atoms with Crippen molar-refractivity contribution in [1.29, 1.82) is 0 Å². The van der Waals surface area contributed by atoms with E-state index in [1.54, 1.807) is 0 Å². The summed E-state index contributed by atoms with van der Waals surface area (Å²) in [6.45, 7) is 3.11. The Bertz CT molecular complexity index is 337. The largest absolute Gasteiger partial charge is 0.395 e. The molecule has 1 atom stereocenters. The Morgan fingerprint density at radius 1 is 1.40 bits per heavy atom. The molecular weight excluding hydrogens is 186 g/mol. The van der Waals surface area contributed by atoms with E-state index >= 15 is 0 Å². The van der Waals surface area contributed by atoms with Crippen molar-refractivity contribution < 1.29 is 5.11 Å². The maximum Gasteiger partial charge on any atom is 0.0556 e. The van der Waals surface area contributed by atoms with Crippen LogP contribution in [0.4, 0.5) is 0 Å². The van der Waals surface area contributed by atoms with Gasteiger partial charge in [-0.05, 0) is 37.3 Å². The average molecular weight is 205 g/mol. The molecule has 2 N–H and O–H groups in total. The fraction of sp³-hybridized carbons (Fsp3) is 0.538. The zero-order chi connectivity index (χ0) is 10.7. The van der Waals surface area contributed by atoms with Gasteiger partial charge >= 0.3 is 0 Å². The molecule has 0 spiro atoms. The number of aryl methyl sites for hydroxylation is 1. The van der Waals surface area contributed by atoms with Crippen LogP contribution in [0.2, 0.25) is 0 Å². The molecule has 15 heavy (non-hydrogen) atoms. The summed E-state index contributed by atoms with van der Waals surface area (Å²) >= 11 is 0. The molecule has 1 aromatic rings. The highest BCUT2D eigenvalue weighted by Crippen LogP contribution is 2.34. The van der Waals surface area contributed by atoms with E-state index in [4.69, 9.17) is 5.11 Å². The van der Waals surface area contributed by atoms with Crippen LogP contribution >= 0.6 is 0 Å². The summed E-state index contributed by atoms with van der Waals surface area (Å²) in [5.74, 6) is 0. The highest BCUT2D eigenvalue weighted by atomic mass is 16.3. The van der Waals surface area contributed by atoms with Crippen molar-refractivity contribution in [2.24, 2.45) is 0 Å². The van der Waals surface area contributed by atoms with Crippen LogP contribution in [0.5, 0.6) is 0 Å². The van der Waals surface area contributed by atoms with E-state index in [2.05, 4.69) is 36.5 Å². The summed E-state index contributed by atoms with van der Waals surface area (Å²) in [5, 5.41) is 12.4. The quantitative estimate of drug-likeness (QED) is 0.789. The smallest absolute Gasteiger partial charge is 0.0556 e. The molecule has 2 nitrogen and oxygen atoms in total. The van der Waals surface area contributed by atoms with Crippen LogP contribution in [0.15, 0.2) is 24.3 Å². The molecule has 1 aliphatic rings. The van der Waals surface area contributed by atoms with Crippen LogP contribution in [0.1, 0.15) is 30.9 Å². The highest BCUT2D eigenvalue weighted by Gasteiger charge is 2.30. The molecule has 0 bridgehead atoms. The Morgan fingerprint density at radius 3 is 3.00 bits per heavy atom. The lowest BCUT2D eigenvalue weighted by Gasteiger charge is -2.37. The molecule has 0 aromatic heterocycles. The molecule has 0 saturated carbocycles. The second kappa shape index (κ2) is 4.33. The zero-order valence-electron chi connectivity index (χ0n) is 9.29. The van der Waals surface area contributed by atoms with Crippen molar-refractivity contribution in [2.45, 2.75) is 31.7 Å². The van der Waals surface area contributed by atoms with Gasteiger partial charge in [-0.15, -0.1) is 0 Å². The lowest BCUT2D eigenvalue weighted by atomic mass is 9.78. The molecule has 0 amide bonds. The minimum absolute atomic E-state index is 0.0531. The van der Waals surface area contributed by atoms with Crippen LogP contribution < -0.4 is 5.32 Å². The minimum atomic E-state index is 0.0531. The topological polar surface area (TPSA) is 32.3 Å². The Kier molecular flexibility index (Phi) is 3.08. The van der Waals surface area contributed by atoms with Crippen LogP contribution in [0.3, 0.4) is 0 Å². The first kappa shape index (κ1) is 10.7. The highest BCUT2D eigenvalue weighted by molar-refractivity contribution is 5.35. The van der Waals surface area contributed by atoms with Crippen molar-refractivity contribution >= 4 is 0 Å². The van der Waals surface area contributed by atoms with E-state index < -0.39 is 0 Å². The normalized spacial score (nSPS) is 24.9. The summed E-state index contributed by atoms with van der Waals surface area (Å²) in [4.78, 5) is 0. The maximum atomic E-state index is 8.90. The van der Waals surface area contributed by atoms with Gasteiger partial charge in [0.25, 0.3) is 0 Å². The third kappa shape index (κ3) is 2.06. The minimum Gasteiger partial charge on any atom is -0.395 e. The van der Waals surface area contributed by atoms with Gasteiger partial charge in [0.15, 0.2) is 0 Å². The second-order valence-electron chi connectivity index (χ2n) is 4.49. The molecule has 1 unspecified atom stereocenters. The molecule has 0 saturated heterocycles. The van der Waals surface area contributed by atoms with E-state index in [-0.39, 0.29) is 12.1 Å². The van der Waals surface area contributed by atoms with Gasteiger partial charge in [-0.1, -0.05) is 24.3 Å². The fourth-order valence-corrected chi connectivity index (χ4v) is 2.56. The van der Waals surface area contributed by atoms with E-state index in [0.717, 1.165) is 6.42 Å². The van der Waals surface area contributed by atoms with E-state index in [9.17, 15) is 0 Å². The first-order valence-corrected chi connectivity index (χ1v) is 5.70. The first-order valence-electron chi connectivity index (χ1n) is 5.70. The van der Waals surface area contributed by atoms with E-state index in [1.807, 2.05) is 0 Å². The maximum absolute atomic E-state index is 8.90. The van der Waals surface area contributed by atoms with Crippen molar-refractivity contribution in [1.82, 2.24) is 5.32 Å². The van der Waals surface area contributed by atoms with Gasteiger partial charge in [0.05, 0.1) is 6.61 Å². The van der Waals surface area contributed by atoms with Crippen LogP contribution in [-0.2, 0) is 12.0 Å². The summed E-state index contributed by atoms with van der Waals surface area (Å²) in [6, 6.07) is 8.63. The molecule has 1 aromatic carbocycles. The number of rotatable bonds is 3. The summed E-state index contributed by atoms with van der Waals surface area (Å²) < 4.78 is 0. The Balaban J connectivity index is 2.27. The Labute approximate surface area is 91.3 Å². The van der Waals surface area contributed by atoms with Crippen molar-refractivity contribution in [2.75, 3.05) is 13.2 Å². The van der Waals surface area contributed by atoms with Gasteiger partial charge in [0.2, 0.25) is 0 Å². The SMILES string of the molecule is CC1(NCCO)CCCc2ccccc21.